The fraction of sp³-hybridized carbons (Fsp3) is 0.167. The number of hydrogen-bond acceptors (Lipinski definition) is 4. The smallest absolute Gasteiger partial charge is 0.312 e. The average molecular weight is 410 g/mol. The Labute approximate surface area is 165 Å². The topological polar surface area (TPSA) is 111 Å². The lowest BCUT2D eigenvalue weighted by Gasteiger charge is -2.17. The van der Waals surface area contributed by atoms with Crippen molar-refractivity contribution in [3.63, 3.8) is 0 Å². The number of nitrogens with two attached hydrogens (primary N) is 1. The Hall–Kier alpha value is -2.77. The number of carbonyl (C=O) groups is 3. The number of primary amides is 1. The minimum atomic E-state index is -0.789. The van der Waals surface area contributed by atoms with Crippen molar-refractivity contribution in [1.29, 1.82) is 0 Å². The Bertz CT molecular complexity index is 810. The van der Waals surface area contributed by atoms with E-state index in [1.807, 2.05) is 0 Å². The molecule has 9 heteroatoms. The van der Waals surface area contributed by atoms with Crippen molar-refractivity contribution in [3.8, 4) is 0 Å². The summed E-state index contributed by atoms with van der Waals surface area (Å²) in [5.74, 6) is -1.17. The van der Waals surface area contributed by atoms with Gasteiger partial charge < -0.3 is 21.1 Å². The number of urea groups is 1. The predicted octanol–water partition coefficient (Wildman–Crippen LogP) is 3.27. The molecule has 142 valence electrons. The van der Waals surface area contributed by atoms with Gasteiger partial charge in [0.05, 0.1) is 12.5 Å². The highest BCUT2D eigenvalue weighted by Gasteiger charge is 2.19. The van der Waals surface area contributed by atoms with Gasteiger partial charge in [0.2, 0.25) is 0 Å². The summed E-state index contributed by atoms with van der Waals surface area (Å²) in [6.45, 7) is -0.467. The van der Waals surface area contributed by atoms with Crippen LogP contribution in [0.15, 0.2) is 48.5 Å². The lowest BCUT2D eigenvalue weighted by Crippen LogP contribution is -2.35. The third-order valence-electron chi connectivity index (χ3n) is 3.45. The van der Waals surface area contributed by atoms with Crippen LogP contribution < -0.4 is 16.4 Å². The van der Waals surface area contributed by atoms with E-state index in [-0.39, 0.29) is 6.42 Å². The first-order valence-electron chi connectivity index (χ1n) is 7.86. The number of carbonyl (C=O) groups excluding carboxylic acids is 3. The molecular formula is C18H17Cl2N3O4. The fourth-order valence-electron chi connectivity index (χ4n) is 2.22. The molecule has 0 aromatic heterocycles. The molecule has 4 N–H and O–H groups in total. The van der Waals surface area contributed by atoms with Gasteiger partial charge in [-0.25, -0.2) is 4.79 Å². The Kier molecular flexibility index (Phi) is 7.45. The van der Waals surface area contributed by atoms with Gasteiger partial charge in [-0.1, -0.05) is 35.3 Å². The molecule has 0 radical (unpaired) electrons. The minimum Gasteiger partial charge on any atom is -0.455 e. The van der Waals surface area contributed by atoms with Crippen LogP contribution in [0.2, 0.25) is 10.0 Å². The van der Waals surface area contributed by atoms with E-state index in [0.717, 1.165) is 0 Å². The Morgan fingerprint density at radius 2 is 1.52 bits per heavy atom. The van der Waals surface area contributed by atoms with Crippen LogP contribution in [-0.4, -0.2) is 24.5 Å². The molecule has 1 atom stereocenters. The van der Waals surface area contributed by atoms with Crippen LogP contribution in [-0.2, 0) is 14.3 Å². The number of esters is 1. The molecule has 0 spiro atoms. The zero-order chi connectivity index (χ0) is 19.8. The van der Waals surface area contributed by atoms with Gasteiger partial charge in [-0.15, -0.1) is 0 Å². The van der Waals surface area contributed by atoms with Crippen molar-refractivity contribution >= 4 is 46.8 Å². The van der Waals surface area contributed by atoms with Crippen LogP contribution in [0.25, 0.3) is 0 Å². The van der Waals surface area contributed by atoms with Crippen molar-refractivity contribution in [2.24, 2.45) is 5.73 Å². The third kappa shape index (κ3) is 7.16. The molecule has 2 aromatic carbocycles. The summed E-state index contributed by atoms with van der Waals surface area (Å²) in [4.78, 5) is 35.1. The van der Waals surface area contributed by atoms with E-state index < -0.39 is 30.6 Å². The van der Waals surface area contributed by atoms with Crippen molar-refractivity contribution in [1.82, 2.24) is 5.32 Å². The highest BCUT2D eigenvalue weighted by atomic mass is 35.5. The molecular weight excluding hydrogens is 393 g/mol. The number of ether oxygens (including phenoxy) is 1. The molecule has 3 amide bonds. The van der Waals surface area contributed by atoms with Crippen molar-refractivity contribution in [2.45, 2.75) is 12.5 Å². The van der Waals surface area contributed by atoms with Gasteiger partial charge in [-0.3, -0.25) is 9.59 Å². The first-order chi connectivity index (χ1) is 12.8. The zero-order valence-electron chi connectivity index (χ0n) is 14.1. The first kappa shape index (κ1) is 20.5. The predicted molar refractivity (Wildman–Crippen MR) is 103 cm³/mol. The Balaban J connectivity index is 1.89. The molecule has 0 bridgehead atoms. The van der Waals surface area contributed by atoms with Crippen LogP contribution in [0.3, 0.4) is 0 Å². The van der Waals surface area contributed by atoms with Crippen LogP contribution in [0.5, 0.6) is 0 Å². The number of nitrogens with one attached hydrogen (secondary N) is 2. The number of halogens is 2. The second kappa shape index (κ2) is 9.80. The Morgan fingerprint density at radius 3 is 2.07 bits per heavy atom. The van der Waals surface area contributed by atoms with Gasteiger partial charge in [0.25, 0.3) is 5.91 Å². The second-order valence-corrected chi connectivity index (χ2v) is 6.41. The lowest BCUT2D eigenvalue weighted by atomic mass is 10.0. The summed E-state index contributed by atoms with van der Waals surface area (Å²) in [5.41, 5.74) is 6.30. The Morgan fingerprint density at radius 1 is 0.963 bits per heavy atom. The molecule has 2 rings (SSSR count). The monoisotopic (exact) mass is 409 g/mol. The van der Waals surface area contributed by atoms with Gasteiger partial charge >= 0.3 is 12.0 Å². The maximum absolute atomic E-state index is 12.0. The average Bonchev–Trinajstić information content (AvgIpc) is 2.62. The summed E-state index contributed by atoms with van der Waals surface area (Å²) in [7, 11) is 0. The van der Waals surface area contributed by atoms with Crippen molar-refractivity contribution < 1.29 is 19.1 Å². The molecule has 0 saturated carbocycles. The summed E-state index contributed by atoms with van der Waals surface area (Å²) < 4.78 is 4.96. The van der Waals surface area contributed by atoms with E-state index in [4.69, 9.17) is 33.7 Å². The van der Waals surface area contributed by atoms with Crippen molar-refractivity contribution in [2.75, 3.05) is 11.9 Å². The van der Waals surface area contributed by atoms with E-state index in [0.29, 0.717) is 21.3 Å². The van der Waals surface area contributed by atoms with E-state index in [2.05, 4.69) is 10.6 Å². The van der Waals surface area contributed by atoms with Crippen LogP contribution in [0.1, 0.15) is 18.0 Å². The summed E-state index contributed by atoms with van der Waals surface area (Å²) in [5, 5.41) is 6.08. The number of benzene rings is 2. The molecule has 0 aliphatic heterocycles. The van der Waals surface area contributed by atoms with E-state index >= 15 is 0 Å². The summed E-state index contributed by atoms with van der Waals surface area (Å²) in [6, 6.07) is 11.5. The maximum Gasteiger partial charge on any atom is 0.312 e. The fourth-order valence-corrected chi connectivity index (χ4v) is 2.47. The van der Waals surface area contributed by atoms with Gasteiger partial charge in [0.1, 0.15) is 0 Å². The summed E-state index contributed by atoms with van der Waals surface area (Å²) >= 11 is 11.6. The number of anilines is 1. The number of hydrogen-bond donors (Lipinski definition) is 3. The molecule has 0 aliphatic rings. The van der Waals surface area contributed by atoms with Crippen LogP contribution in [0, 0.1) is 0 Å². The number of rotatable bonds is 7. The highest BCUT2D eigenvalue weighted by molar-refractivity contribution is 6.30. The molecule has 0 fully saturated rings. The molecule has 2 aromatic rings. The zero-order valence-corrected chi connectivity index (χ0v) is 15.6. The minimum absolute atomic E-state index is 0.196. The highest BCUT2D eigenvalue weighted by Crippen LogP contribution is 2.20. The van der Waals surface area contributed by atoms with Gasteiger partial charge in [0, 0.05) is 15.7 Å². The normalized spacial score (nSPS) is 11.3. The summed E-state index contributed by atoms with van der Waals surface area (Å²) in [6.07, 6.45) is -0.196. The first-order valence-corrected chi connectivity index (χ1v) is 8.61. The third-order valence-corrected chi connectivity index (χ3v) is 3.96. The van der Waals surface area contributed by atoms with Crippen LogP contribution in [0.4, 0.5) is 10.5 Å². The second-order valence-electron chi connectivity index (χ2n) is 5.53. The molecule has 27 heavy (non-hydrogen) atoms. The van der Waals surface area contributed by atoms with Crippen molar-refractivity contribution in [3.05, 3.63) is 64.1 Å². The SMILES string of the molecule is NC(=O)N[C@H](CC(=O)OCC(=O)Nc1ccc(Cl)cc1)c1ccc(Cl)cc1. The molecule has 0 saturated heterocycles. The molecule has 7 nitrogen and oxygen atoms in total. The van der Waals surface area contributed by atoms with Gasteiger partial charge in [-0.2, -0.15) is 0 Å². The number of amides is 3. The van der Waals surface area contributed by atoms with Gasteiger partial charge in [-0.05, 0) is 42.0 Å². The quantitative estimate of drug-likeness (QED) is 0.609. The lowest BCUT2D eigenvalue weighted by molar-refractivity contribution is -0.147. The van der Waals surface area contributed by atoms with E-state index in [9.17, 15) is 14.4 Å². The molecule has 0 unspecified atom stereocenters. The largest absolute Gasteiger partial charge is 0.455 e. The van der Waals surface area contributed by atoms with E-state index in [1.165, 1.54) is 0 Å². The van der Waals surface area contributed by atoms with Gasteiger partial charge in [0.15, 0.2) is 6.61 Å². The molecule has 0 aliphatic carbocycles. The molecule has 0 heterocycles. The standard InChI is InChI=1S/C18H17Cl2N3O4/c19-12-3-1-11(2-4-12)15(23-18(21)26)9-17(25)27-10-16(24)22-14-7-5-13(20)6-8-14/h1-8,15H,9-10H2,(H,22,24)(H3,21,23,26)/t15-/m1/s1. The van der Waals surface area contributed by atoms with E-state index in [1.54, 1.807) is 48.5 Å². The maximum atomic E-state index is 12.0. The van der Waals surface area contributed by atoms with Crippen LogP contribution >= 0.6 is 23.2 Å².